The molecule has 5 heteroatoms. The van der Waals surface area contributed by atoms with Crippen molar-refractivity contribution in [2.75, 3.05) is 13.7 Å². The minimum absolute atomic E-state index is 0.0174. The van der Waals surface area contributed by atoms with Gasteiger partial charge in [0.15, 0.2) is 6.61 Å². The monoisotopic (exact) mass is 268 g/mol. The van der Waals surface area contributed by atoms with Crippen LogP contribution in [0.1, 0.15) is 32.4 Å². The van der Waals surface area contributed by atoms with Crippen LogP contribution in [0.25, 0.3) is 0 Å². The first-order chi connectivity index (χ1) is 8.93. The highest BCUT2D eigenvalue weighted by atomic mass is 19.1. The Balaban J connectivity index is 2.76. The zero-order valence-corrected chi connectivity index (χ0v) is 11.8. The summed E-state index contributed by atoms with van der Waals surface area (Å²) in [6, 6.07) is 4.41. The molecule has 4 nitrogen and oxygen atoms in total. The van der Waals surface area contributed by atoms with Crippen molar-refractivity contribution in [1.29, 1.82) is 0 Å². The number of rotatable bonds is 6. The third kappa shape index (κ3) is 4.87. The molecule has 1 aromatic carbocycles. The van der Waals surface area contributed by atoms with Gasteiger partial charge in [0.1, 0.15) is 11.6 Å². The summed E-state index contributed by atoms with van der Waals surface area (Å²) in [5.74, 6) is -0.214. The van der Waals surface area contributed by atoms with Crippen molar-refractivity contribution in [3.05, 3.63) is 29.6 Å². The second-order valence-corrected chi connectivity index (χ2v) is 4.70. The van der Waals surface area contributed by atoms with Crippen LogP contribution in [0.3, 0.4) is 0 Å². The number of benzene rings is 1. The van der Waals surface area contributed by atoms with Crippen molar-refractivity contribution in [1.82, 2.24) is 10.6 Å². The molecule has 0 saturated carbocycles. The van der Waals surface area contributed by atoms with Gasteiger partial charge in [-0.1, -0.05) is 6.07 Å². The van der Waals surface area contributed by atoms with Gasteiger partial charge < -0.3 is 15.4 Å². The number of ether oxygens (including phenoxy) is 1. The molecule has 1 aromatic rings. The molecular formula is C14H21FN2O2. The van der Waals surface area contributed by atoms with Gasteiger partial charge in [-0.25, -0.2) is 4.39 Å². The van der Waals surface area contributed by atoms with Gasteiger partial charge in [0, 0.05) is 23.7 Å². The van der Waals surface area contributed by atoms with Gasteiger partial charge in [0.2, 0.25) is 0 Å². The highest BCUT2D eigenvalue weighted by molar-refractivity contribution is 5.77. The van der Waals surface area contributed by atoms with E-state index in [-0.39, 0.29) is 30.4 Å². The van der Waals surface area contributed by atoms with Crippen LogP contribution in [0, 0.1) is 5.82 Å². The molecule has 1 amide bonds. The zero-order valence-electron chi connectivity index (χ0n) is 11.8. The van der Waals surface area contributed by atoms with Crippen LogP contribution in [0.2, 0.25) is 0 Å². The van der Waals surface area contributed by atoms with Crippen molar-refractivity contribution < 1.29 is 13.9 Å². The van der Waals surface area contributed by atoms with Crippen molar-refractivity contribution in [3.63, 3.8) is 0 Å². The minimum Gasteiger partial charge on any atom is -0.483 e. The Bertz CT molecular complexity index is 435. The van der Waals surface area contributed by atoms with E-state index in [0.717, 1.165) is 5.56 Å². The van der Waals surface area contributed by atoms with E-state index in [4.69, 9.17) is 4.74 Å². The standard InChI is InChI=1S/C14H21FN2O2/c1-9(2)17-14(18)8-19-13-7-11(15)5-6-12(13)10(3)16-4/h5-7,9-10,16H,8H2,1-4H3,(H,17,18). The lowest BCUT2D eigenvalue weighted by atomic mass is 10.1. The molecule has 0 aliphatic heterocycles. The van der Waals surface area contributed by atoms with Crippen molar-refractivity contribution in [3.8, 4) is 5.75 Å². The fourth-order valence-corrected chi connectivity index (χ4v) is 1.65. The maximum Gasteiger partial charge on any atom is 0.258 e. The topological polar surface area (TPSA) is 50.4 Å². The fourth-order valence-electron chi connectivity index (χ4n) is 1.65. The Labute approximate surface area is 113 Å². The summed E-state index contributed by atoms with van der Waals surface area (Å²) in [5, 5.41) is 5.77. The quantitative estimate of drug-likeness (QED) is 0.829. The zero-order chi connectivity index (χ0) is 14.4. The molecule has 0 fully saturated rings. The van der Waals surface area contributed by atoms with Crippen LogP contribution in [0.15, 0.2) is 18.2 Å². The largest absolute Gasteiger partial charge is 0.483 e. The molecule has 0 saturated heterocycles. The summed E-state index contributed by atoms with van der Waals surface area (Å²) < 4.78 is 18.7. The van der Waals surface area contributed by atoms with Crippen molar-refractivity contribution in [2.24, 2.45) is 0 Å². The molecule has 0 heterocycles. The first kappa shape index (κ1) is 15.4. The lowest BCUT2D eigenvalue weighted by Crippen LogP contribution is -2.34. The first-order valence-electron chi connectivity index (χ1n) is 6.33. The first-order valence-corrected chi connectivity index (χ1v) is 6.33. The summed E-state index contributed by atoms with van der Waals surface area (Å²) in [7, 11) is 1.81. The summed E-state index contributed by atoms with van der Waals surface area (Å²) in [6.07, 6.45) is 0. The van der Waals surface area contributed by atoms with E-state index in [9.17, 15) is 9.18 Å². The Kier molecular flexibility index (Phi) is 5.76. The van der Waals surface area contributed by atoms with E-state index in [2.05, 4.69) is 10.6 Å². The van der Waals surface area contributed by atoms with Crippen molar-refractivity contribution >= 4 is 5.91 Å². The molecule has 19 heavy (non-hydrogen) atoms. The Morgan fingerprint density at radius 1 is 1.37 bits per heavy atom. The third-order valence-electron chi connectivity index (χ3n) is 2.68. The number of carbonyl (C=O) groups excluding carboxylic acids is 1. The molecule has 0 aliphatic rings. The molecule has 1 rings (SSSR count). The molecule has 1 unspecified atom stereocenters. The summed E-state index contributed by atoms with van der Waals surface area (Å²) in [4.78, 5) is 11.5. The number of hydrogen-bond donors (Lipinski definition) is 2. The van der Waals surface area contributed by atoms with Gasteiger partial charge in [-0.15, -0.1) is 0 Å². The van der Waals surface area contributed by atoms with E-state index >= 15 is 0 Å². The lowest BCUT2D eigenvalue weighted by molar-refractivity contribution is -0.123. The number of hydrogen-bond acceptors (Lipinski definition) is 3. The van der Waals surface area contributed by atoms with Crippen molar-refractivity contribution in [2.45, 2.75) is 32.9 Å². The molecule has 1 atom stereocenters. The number of carbonyl (C=O) groups is 1. The van der Waals surface area contributed by atoms with Crippen LogP contribution in [-0.2, 0) is 4.79 Å². The van der Waals surface area contributed by atoms with Crippen LogP contribution in [0.5, 0.6) is 5.75 Å². The number of halogens is 1. The summed E-state index contributed by atoms with van der Waals surface area (Å²) in [5.41, 5.74) is 0.821. The van der Waals surface area contributed by atoms with E-state index in [1.807, 2.05) is 27.8 Å². The van der Waals surface area contributed by atoms with Gasteiger partial charge in [-0.2, -0.15) is 0 Å². The number of amides is 1. The average molecular weight is 268 g/mol. The highest BCUT2D eigenvalue weighted by Gasteiger charge is 2.13. The summed E-state index contributed by atoms with van der Waals surface area (Å²) in [6.45, 7) is 5.56. The van der Waals surface area contributed by atoms with Crippen LogP contribution >= 0.6 is 0 Å². The van der Waals surface area contributed by atoms with Gasteiger partial charge in [0.25, 0.3) is 5.91 Å². The molecule has 0 spiro atoms. The van der Waals surface area contributed by atoms with Crippen LogP contribution < -0.4 is 15.4 Å². The van der Waals surface area contributed by atoms with E-state index in [0.29, 0.717) is 5.75 Å². The summed E-state index contributed by atoms with van der Waals surface area (Å²) >= 11 is 0. The number of nitrogens with one attached hydrogen (secondary N) is 2. The molecule has 0 radical (unpaired) electrons. The molecule has 2 N–H and O–H groups in total. The molecule has 0 aromatic heterocycles. The average Bonchev–Trinajstić information content (AvgIpc) is 2.34. The Morgan fingerprint density at radius 3 is 2.63 bits per heavy atom. The van der Waals surface area contributed by atoms with Gasteiger partial charge in [-0.3, -0.25) is 4.79 Å². The normalized spacial score (nSPS) is 12.3. The predicted molar refractivity (Wildman–Crippen MR) is 72.6 cm³/mol. The van der Waals surface area contributed by atoms with Crippen LogP contribution in [0.4, 0.5) is 4.39 Å². The van der Waals surface area contributed by atoms with E-state index < -0.39 is 0 Å². The Morgan fingerprint density at radius 2 is 2.05 bits per heavy atom. The molecular weight excluding hydrogens is 247 g/mol. The Hall–Kier alpha value is -1.62. The molecule has 0 bridgehead atoms. The second kappa shape index (κ2) is 7.09. The van der Waals surface area contributed by atoms with E-state index in [1.54, 1.807) is 6.07 Å². The second-order valence-electron chi connectivity index (χ2n) is 4.70. The lowest BCUT2D eigenvalue weighted by Gasteiger charge is -2.17. The van der Waals surface area contributed by atoms with Gasteiger partial charge in [0.05, 0.1) is 0 Å². The molecule has 0 aliphatic carbocycles. The fraction of sp³-hybridized carbons (Fsp3) is 0.500. The van der Waals surface area contributed by atoms with Gasteiger partial charge in [-0.05, 0) is 33.9 Å². The minimum atomic E-state index is -0.383. The van der Waals surface area contributed by atoms with Gasteiger partial charge >= 0.3 is 0 Å². The maximum absolute atomic E-state index is 13.2. The predicted octanol–water partition coefficient (Wildman–Crippen LogP) is 2.01. The molecule has 106 valence electrons. The van der Waals surface area contributed by atoms with Crippen LogP contribution in [-0.4, -0.2) is 25.6 Å². The smallest absolute Gasteiger partial charge is 0.258 e. The highest BCUT2D eigenvalue weighted by Crippen LogP contribution is 2.25. The third-order valence-corrected chi connectivity index (χ3v) is 2.68. The SMILES string of the molecule is CNC(C)c1ccc(F)cc1OCC(=O)NC(C)C. The maximum atomic E-state index is 13.2. The van der Waals surface area contributed by atoms with E-state index in [1.165, 1.54) is 12.1 Å².